The third kappa shape index (κ3) is 5.01. The van der Waals surface area contributed by atoms with E-state index in [1.54, 1.807) is 33.2 Å². The van der Waals surface area contributed by atoms with E-state index in [9.17, 15) is 14.4 Å². The average Bonchev–Trinajstić information content (AvgIpc) is 3.14. The fraction of sp³-hybridized carbons (Fsp3) is 0.680. The highest BCUT2D eigenvalue weighted by Gasteiger charge is 2.57. The van der Waals surface area contributed by atoms with Gasteiger partial charge in [-0.15, -0.1) is 0 Å². The Hall–Kier alpha value is -3.04. The summed E-state index contributed by atoms with van der Waals surface area (Å²) in [5.41, 5.74) is 4.46. The van der Waals surface area contributed by atoms with Gasteiger partial charge in [-0.2, -0.15) is 5.10 Å². The Kier molecular flexibility index (Phi) is 6.59. The summed E-state index contributed by atoms with van der Waals surface area (Å²) in [6.45, 7) is 7.35. The van der Waals surface area contributed by atoms with E-state index in [2.05, 4.69) is 15.7 Å². The molecule has 0 spiro atoms. The maximum Gasteiger partial charge on any atom is 0.405 e. The normalized spacial score (nSPS) is 29.4. The Morgan fingerprint density at radius 3 is 2.46 bits per heavy atom. The molecule has 192 valence electrons. The summed E-state index contributed by atoms with van der Waals surface area (Å²) in [6, 6.07) is 0.00151. The zero-order valence-electron chi connectivity index (χ0n) is 21.2. The molecule has 2 unspecified atom stereocenters. The molecule has 4 saturated carbocycles. The van der Waals surface area contributed by atoms with Gasteiger partial charge < -0.3 is 25.8 Å². The topological polar surface area (TPSA) is 138 Å². The van der Waals surface area contributed by atoms with E-state index in [-0.39, 0.29) is 35.8 Å². The molecule has 4 N–H and O–H groups in total. The molecule has 35 heavy (non-hydrogen) atoms. The number of ether oxygens (including phenoxy) is 2. The van der Waals surface area contributed by atoms with Gasteiger partial charge in [-0.3, -0.25) is 9.59 Å². The van der Waals surface area contributed by atoms with E-state index in [1.807, 2.05) is 13.8 Å². The largest absolute Gasteiger partial charge is 0.474 e. The van der Waals surface area contributed by atoms with E-state index in [0.717, 1.165) is 32.1 Å². The fourth-order valence-electron chi connectivity index (χ4n) is 6.36. The van der Waals surface area contributed by atoms with Crippen LogP contribution >= 0.6 is 0 Å². The van der Waals surface area contributed by atoms with Crippen LogP contribution < -0.4 is 21.1 Å². The molecular weight excluding hydrogens is 450 g/mol. The summed E-state index contributed by atoms with van der Waals surface area (Å²) in [7, 11) is 1.59. The van der Waals surface area contributed by atoms with Crippen molar-refractivity contribution in [1.82, 2.24) is 20.4 Å². The zero-order chi connectivity index (χ0) is 25.5. The van der Waals surface area contributed by atoms with Gasteiger partial charge in [-0.05, 0) is 77.6 Å². The van der Waals surface area contributed by atoms with E-state index < -0.39 is 17.1 Å². The van der Waals surface area contributed by atoms with Crippen molar-refractivity contribution in [3.05, 3.63) is 17.8 Å². The molecule has 4 fully saturated rings. The molecule has 0 radical (unpaired) electrons. The van der Waals surface area contributed by atoms with Crippen molar-refractivity contribution in [3.8, 4) is 5.88 Å². The Balaban J connectivity index is 1.53. The van der Waals surface area contributed by atoms with Crippen molar-refractivity contribution in [2.45, 2.75) is 77.5 Å². The second-order valence-corrected chi connectivity index (χ2v) is 11.2. The van der Waals surface area contributed by atoms with Crippen molar-refractivity contribution >= 4 is 24.1 Å². The van der Waals surface area contributed by atoms with Crippen molar-refractivity contribution in [1.29, 1.82) is 0 Å². The van der Waals surface area contributed by atoms with E-state index in [4.69, 9.17) is 15.2 Å². The second kappa shape index (κ2) is 9.20. The number of hydrogen-bond donors (Lipinski definition) is 3. The molecule has 10 nitrogen and oxygen atoms in total. The van der Waals surface area contributed by atoms with Gasteiger partial charge in [0.25, 0.3) is 5.91 Å². The first-order valence-corrected chi connectivity index (χ1v) is 12.4. The van der Waals surface area contributed by atoms with Crippen LogP contribution in [0.1, 0.15) is 70.2 Å². The second-order valence-electron chi connectivity index (χ2n) is 11.2. The molecule has 4 bridgehead atoms. The van der Waals surface area contributed by atoms with Crippen LogP contribution in [0.15, 0.2) is 12.3 Å². The number of rotatable bonds is 8. The number of nitrogens with two attached hydrogens (primary N) is 1. The summed E-state index contributed by atoms with van der Waals surface area (Å²) in [5, 5.41) is 10.2. The number of amides is 3. The lowest BCUT2D eigenvalue weighted by molar-refractivity contribution is -0.137. The van der Waals surface area contributed by atoms with Crippen molar-refractivity contribution < 1.29 is 23.9 Å². The summed E-state index contributed by atoms with van der Waals surface area (Å²) in [6.07, 6.45) is 8.31. The number of carbonyl (C=O) groups is 3. The van der Waals surface area contributed by atoms with E-state index >= 15 is 0 Å². The first kappa shape index (κ1) is 25.1. The van der Waals surface area contributed by atoms with Gasteiger partial charge in [0.2, 0.25) is 11.8 Å². The van der Waals surface area contributed by atoms with Crippen molar-refractivity contribution in [2.75, 3.05) is 7.05 Å². The smallest absolute Gasteiger partial charge is 0.405 e. The molecule has 1 aromatic heterocycles. The Morgan fingerprint density at radius 1 is 1.23 bits per heavy atom. The minimum atomic E-state index is -0.762. The van der Waals surface area contributed by atoms with Gasteiger partial charge in [-0.25, -0.2) is 9.48 Å². The number of hydrogen-bond acceptors (Lipinski definition) is 6. The van der Waals surface area contributed by atoms with Gasteiger partial charge in [-0.1, -0.05) is 6.08 Å². The summed E-state index contributed by atoms with van der Waals surface area (Å²) in [4.78, 5) is 37.1. The Bertz CT molecular complexity index is 1010. The van der Waals surface area contributed by atoms with Gasteiger partial charge >= 0.3 is 6.09 Å². The van der Waals surface area contributed by atoms with Crippen molar-refractivity contribution in [3.63, 3.8) is 0 Å². The molecule has 1 aromatic rings. The van der Waals surface area contributed by atoms with Crippen LogP contribution in [0.4, 0.5) is 4.79 Å². The minimum Gasteiger partial charge on any atom is -0.474 e. The quantitative estimate of drug-likeness (QED) is 0.515. The third-order valence-electron chi connectivity index (χ3n) is 7.62. The predicted octanol–water partition coefficient (Wildman–Crippen LogP) is 2.69. The summed E-state index contributed by atoms with van der Waals surface area (Å²) >= 11 is 0. The highest BCUT2D eigenvalue weighted by Crippen LogP contribution is 2.57. The molecule has 4 aliphatic carbocycles. The minimum absolute atomic E-state index is 0.00151. The van der Waals surface area contributed by atoms with Gasteiger partial charge in [0.1, 0.15) is 11.2 Å². The number of nitrogens with zero attached hydrogens (tertiary/aromatic N) is 2. The Labute approximate surface area is 206 Å². The molecule has 2 atom stereocenters. The van der Waals surface area contributed by atoms with Gasteiger partial charge in [0, 0.05) is 19.3 Å². The van der Waals surface area contributed by atoms with Crippen LogP contribution in [0, 0.1) is 23.2 Å². The molecule has 5 rings (SSSR count). The van der Waals surface area contributed by atoms with Crippen LogP contribution in [0.3, 0.4) is 0 Å². The molecule has 0 aromatic carbocycles. The summed E-state index contributed by atoms with van der Waals surface area (Å²) in [5.74, 6) is 0.929. The number of carbonyl (C=O) groups excluding carboxylic acids is 3. The standard InChI is InChI=1S/C25H37N5O5/c1-14(2)34-21-18(13-28-30(21)7-6-24(3,4)22(32)27-5)20(31)29-19-16-8-15-9-17(19)12-25(10-15,11-16)35-23(26)33/h6-7,13-17,19H,8-12H2,1-5H3,(H2,26,33)(H,27,32)(H,29,31). The lowest BCUT2D eigenvalue weighted by Crippen LogP contribution is -2.63. The number of aromatic nitrogens is 2. The van der Waals surface area contributed by atoms with Crippen LogP contribution in [-0.4, -0.2) is 52.5 Å². The first-order valence-electron chi connectivity index (χ1n) is 12.4. The van der Waals surface area contributed by atoms with Crippen LogP contribution in [0.2, 0.25) is 0 Å². The van der Waals surface area contributed by atoms with Gasteiger partial charge in [0.05, 0.1) is 17.7 Å². The third-order valence-corrected chi connectivity index (χ3v) is 7.62. The molecular formula is C25H37N5O5. The fourth-order valence-corrected chi connectivity index (χ4v) is 6.36. The molecule has 10 heteroatoms. The molecule has 0 saturated heterocycles. The maximum atomic E-state index is 13.4. The lowest BCUT2D eigenvalue weighted by atomic mass is 9.52. The molecule has 0 aliphatic heterocycles. The highest BCUT2D eigenvalue weighted by atomic mass is 16.6. The van der Waals surface area contributed by atoms with Crippen LogP contribution in [-0.2, 0) is 9.53 Å². The number of nitrogens with one attached hydrogen (secondary N) is 2. The van der Waals surface area contributed by atoms with E-state index in [1.165, 1.54) is 10.9 Å². The number of primary amides is 1. The van der Waals surface area contributed by atoms with E-state index in [0.29, 0.717) is 17.4 Å². The van der Waals surface area contributed by atoms with Crippen LogP contribution in [0.5, 0.6) is 5.88 Å². The molecule has 3 amide bonds. The zero-order valence-corrected chi connectivity index (χ0v) is 21.2. The maximum absolute atomic E-state index is 13.4. The summed E-state index contributed by atoms with van der Waals surface area (Å²) < 4.78 is 13.1. The average molecular weight is 488 g/mol. The Morgan fingerprint density at radius 2 is 1.89 bits per heavy atom. The molecule has 4 aliphatic rings. The van der Waals surface area contributed by atoms with Crippen molar-refractivity contribution in [2.24, 2.45) is 28.9 Å². The monoisotopic (exact) mass is 487 g/mol. The highest BCUT2D eigenvalue weighted by molar-refractivity contribution is 5.96. The SMILES string of the molecule is CNC(=O)C(C)(C)C=Cn1ncc(C(=O)NC2C3CC4CC2CC(OC(N)=O)(C4)C3)c1OC(C)C. The predicted molar refractivity (Wildman–Crippen MR) is 129 cm³/mol. The first-order chi connectivity index (χ1) is 16.4. The van der Waals surface area contributed by atoms with Gasteiger partial charge in [0.15, 0.2) is 0 Å². The molecule has 1 heterocycles. The lowest BCUT2D eigenvalue weighted by Gasteiger charge is -2.58. The van der Waals surface area contributed by atoms with Crippen LogP contribution in [0.25, 0.3) is 6.20 Å².